The first kappa shape index (κ1) is 30.8. The Labute approximate surface area is 247 Å². The van der Waals surface area contributed by atoms with Crippen LogP contribution in [0.4, 0.5) is 4.39 Å². The molecule has 2 aromatic carbocycles. The second-order valence-electron chi connectivity index (χ2n) is 10.9. The van der Waals surface area contributed by atoms with Crippen molar-refractivity contribution in [2.24, 2.45) is 0 Å². The number of halogens is 1. The van der Waals surface area contributed by atoms with Crippen LogP contribution in [0.25, 0.3) is 0 Å². The third kappa shape index (κ3) is 10.3. The number of benzene rings is 2. The number of rotatable bonds is 16. The summed E-state index contributed by atoms with van der Waals surface area (Å²) < 4.78 is 38.0. The highest BCUT2D eigenvalue weighted by atomic mass is 32.1. The summed E-state index contributed by atoms with van der Waals surface area (Å²) in [5.74, 6) is -1.27. The average molecular weight is 604 g/mol. The zero-order valence-corrected chi connectivity index (χ0v) is 25.8. The molecule has 41 heavy (non-hydrogen) atoms. The number of hydrogen-bond donors (Lipinski definition) is 1. The van der Waals surface area contributed by atoms with Crippen LogP contribution in [-0.2, 0) is 27.2 Å². The minimum absolute atomic E-state index is 0.0317. The molecule has 0 radical (unpaired) electrons. The smallest absolute Gasteiger partial charge is 0.355 e. The Bertz CT molecular complexity index is 1320. The number of methoxy groups -OCH3 is 1. The van der Waals surface area contributed by atoms with Gasteiger partial charge < -0.3 is 24.2 Å². The van der Waals surface area contributed by atoms with Gasteiger partial charge in [-0.25, -0.2) is 14.2 Å². The molecular weight excluding hydrogens is 563 g/mol. The summed E-state index contributed by atoms with van der Waals surface area (Å²) in [4.78, 5) is 32.1. The lowest BCUT2D eigenvalue weighted by Gasteiger charge is -2.27. The van der Waals surface area contributed by atoms with E-state index >= 15 is 0 Å². The molecule has 11 heteroatoms. The highest BCUT2D eigenvalue weighted by molar-refractivity contribution is 7.11. The summed E-state index contributed by atoms with van der Waals surface area (Å²) >= 11 is 1.23. The first-order valence-corrected chi connectivity index (χ1v) is 17.9. The van der Waals surface area contributed by atoms with E-state index in [0.29, 0.717) is 47.2 Å². The fourth-order valence-electron chi connectivity index (χ4n) is 4.08. The van der Waals surface area contributed by atoms with Gasteiger partial charge in [0, 0.05) is 26.1 Å². The van der Waals surface area contributed by atoms with Crippen LogP contribution in [0, 0.1) is 12.7 Å². The van der Waals surface area contributed by atoms with E-state index in [0.717, 1.165) is 11.6 Å². The van der Waals surface area contributed by atoms with Crippen molar-refractivity contribution in [3.05, 3.63) is 81.1 Å². The van der Waals surface area contributed by atoms with Gasteiger partial charge in [-0.3, -0.25) is 4.79 Å². The number of nitrogens with zero attached hydrogens (tertiary/aromatic N) is 2. The number of aryl methyl sites for hydroxylation is 2. The minimum Gasteiger partial charge on any atom is -0.497 e. The van der Waals surface area contributed by atoms with Crippen molar-refractivity contribution in [1.29, 1.82) is 0 Å². The minimum atomic E-state index is -1.31. The summed E-state index contributed by atoms with van der Waals surface area (Å²) in [7, 11) is -1.54. The van der Waals surface area contributed by atoms with Crippen LogP contribution in [0.3, 0.4) is 0 Å². The maximum atomic E-state index is 14.1. The van der Waals surface area contributed by atoms with Crippen LogP contribution < -0.4 is 4.74 Å². The third-order valence-electron chi connectivity index (χ3n) is 6.35. The van der Waals surface area contributed by atoms with Crippen LogP contribution in [0.1, 0.15) is 45.4 Å². The van der Waals surface area contributed by atoms with Gasteiger partial charge in [-0.05, 0) is 61.2 Å². The number of aromatic nitrogens is 1. The van der Waals surface area contributed by atoms with E-state index in [1.165, 1.54) is 23.5 Å². The number of ether oxygens (including phenoxy) is 3. The van der Waals surface area contributed by atoms with Crippen molar-refractivity contribution < 1.29 is 34.7 Å². The first-order chi connectivity index (χ1) is 20.0. The Morgan fingerprint density at radius 2 is 1.95 bits per heavy atom. The van der Waals surface area contributed by atoms with E-state index in [4.69, 9.17) is 15.6 Å². The summed E-state index contributed by atoms with van der Waals surface area (Å²) in [5, 5.41) is 9.97. The molecule has 1 N–H and O–H groups in total. The number of aromatic carboxylic acids is 1. The van der Waals surface area contributed by atoms with E-state index < -0.39 is 20.1 Å². The van der Waals surface area contributed by atoms with Gasteiger partial charge >= 0.3 is 5.97 Å². The molecule has 0 aliphatic rings. The molecular formula is C30H39FN2O6SSi. The monoisotopic (exact) mass is 603 g/mol. The van der Waals surface area contributed by atoms with Gasteiger partial charge in [0.05, 0.1) is 15.0 Å². The second-order valence-corrected chi connectivity index (χ2v) is 17.8. The SMILES string of the molecule is [2H]COc1ccc([C@@H](OCOCC[Si](C)(C)C)C(=O)N(CCCc2cccc(F)c2)Cc2nc(C(=O)O)c(C)s2)cc1. The number of carbonyl (C=O) groups excluding carboxylic acids is 1. The molecule has 1 atom stereocenters. The quantitative estimate of drug-likeness (QED) is 0.116. The lowest BCUT2D eigenvalue weighted by Crippen LogP contribution is -2.37. The van der Waals surface area contributed by atoms with Gasteiger partial charge in [0.1, 0.15) is 23.4 Å². The largest absolute Gasteiger partial charge is 0.497 e. The van der Waals surface area contributed by atoms with Gasteiger partial charge in [0.2, 0.25) is 0 Å². The Morgan fingerprint density at radius 1 is 1.20 bits per heavy atom. The zero-order chi connectivity index (χ0) is 30.7. The number of carbonyl (C=O) groups is 2. The van der Waals surface area contributed by atoms with Crippen molar-refractivity contribution in [2.75, 3.05) is 27.0 Å². The zero-order valence-electron chi connectivity index (χ0n) is 25.0. The number of carboxylic acids is 1. The van der Waals surface area contributed by atoms with Crippen molar-refractivity contribution in [3.63, 3.8) is 0 Å². The lowest BCUT2D eigenvalue weighted by molar-refractivity contribution is -0.155. The first-order valence-electron chi connectivity index (χ1n) is 14.1. The highest BCUT2D eigenvalue weighted by Gasteiger charge is 2.29. The topological polar surface area (TPSA) is 98.2 Å². The molecule has 1 aromatic heterocycles. The second kappa shape index (κ2) is 15.2. The maximum Gasteiger partial charge on any atom is 0.355 e. The van der Waals surface area contributed by atoms with E-state index in [1.54, 1.807) is 42.2 Å². The maximum absolute atomic E-state index is 14.1. The van der Waals surface area contributed by atoms with Crippen LogP contribution in [0.2, 0.25) is 25.7 Å². The van der Waals surface area contributed by atoms with Gasteiger partial charge in [0.25, 0.3) is 5.91 Å². The third-order valence-corrected chi connectivity index (χ3v) is 9.01. The van der Waals surface area contributed by atoms with Crippen LogP contribution >= 0.6 is 11.3 Å². The number of thiazole rings is 1. The summed E-state index contributed by atoms with van der Waals surface area (Å²) in [6, 6.07) is 14.1. The summed E-state index contributed by atoms with van der Waals surface area (Å²) in [6.07, 6.45) is 0.0840. The van der Waals surface area contributed by atoms with Gasteiger partial charge in [-0.1, -0.05) is 43.9 Å². The lowest BCUT2D eigenvalue weighted by atomic mass is 10.1. The predicted molar refractivity (Wildman–Crippen MR) is 160 cm³/mol. The van der Waals surface area contributed by atoms with Gasteiger partial charge in [0.15, 0.2) is 11.8 Å². The molecule has 0 unspecified atom stereocenters. The highest BCUT2D eigenvalue weighted by Crippen LogP contribution is 2.26. The molecule has 0 aliphatic heterocycles. The average Bonchev–Trinajstić information content (AvgIpc) is 3.30. The van der Waals surface area contributed by atoms with E-state index in [2.05, 4.69) is 24.6 Å². The van der Waals surface area contributed by atoms with E-state index in [-0.39, 0.29) is 37.8 Å². The van der Waals surface area contributed by atoms with E-state index in [9.17, 15) is 19.1 Å². The van der Waals surface area contributed by atoms with Gasteiger partial charge in [-0.2, -0.15) is 0 Å². The standard InChI is InChI=1S/C30H39FN2O6SSi/c1-21-27(30(35)36)32-26(40-21)19-33(15-7-9-22-8-6-10-24(31)18-22)29(34)28(23-11-13-25(37-2)14-12-23)39-20-38-16-17-41(3,4)5/h6,8,10-14,18,28H,7,9,15-17,19-20H2,1-5H3,(H,35,36)/t28-/m1/s1/i2D. The van der Waals surface area contributed by atoms with Crippen LogP contribution in [0.15, 0.2) is 48.5 Å². The molecule has 222 valence electrons. The number of carboxylic acid groups (broad SMARTS) is 1. The Kier molecular flexibility index (Phi) is 11.4. The molecule has 1 heterocycles. The van der Waals surface area contributed by atoms with Crippen LogP contribution in [-0.4, -0.2) is 62.0 Å². The fourth-order valence-corrected chi connectivity index (χ4v) is 5.78. The van der Waals surface area contributed by atoms with Crippen molar-refractivity contribution in [2.45, 2.75) is 58.1 Å². The molecule has 0 bridgehead atoms. The Morgan fingerprint density at radius 3 is 2.59 bits per heavy atom. The molecule has 3 rings (SSSR count). The fraction of sp³-hybridized carbons (Fsp3) is 0.433. The van der Waals surface area contributed by atoms with Crippen molar-refractivity contribution in [1.82, 2.24) is 9.88 Å². The summed E-state index contributed by atoms with van der Waals surface area (Å²) in [5.41, 5.74) is 1.37. The molecule has 1 amide bonds. The molecule has 0 saturated heterocycles. The van der Waals surface area contributed by atoms with Gasteiger partial charge in [-0.15, -0.1) is 11.3 Å². The van der Waals surface area contributed by atoms with Crippen molar-refractivity contribution >= 4 is 31.3 Å². The predicted octanol–water partition coefficient (Wildman–Crippen LogP) is 6.33. The summed E-state index contributed by atoms with van der Waals surface area (Å²) in [6.45, 7) is 9.30. The number of hydrogen-bond acceptors (Lipinski definition) is 7. The molecule has 0 fully saturated rings. The molecule has 0 spiro atoms. The molecule has 8 nitrogen and oxygen atoms in total. The van der Waals surface area contributed by atoms with E-state index in [1.807, 2.05) is 6.07 Å². The Balaban J connectivity index is 1.84. The van der Waals surface area contributed by atoms with Crippen LogP contribution in [0.5, 0.6) is 5.75 Å². The van der Waals surface area contributed by atoms with Crippen molar-refractivity contribution in [3.8, 4) is 5.75 Å². The normalized spacial score (nSPS) is 12.6. The molecule has 3 aromatic rings. The molecule has 0 aliphatic carbocycles. The number of amides is 1. The molecule has 0 saturated carbocycles. The Hall–Kier alpha value is -3.12.